The number of benzene rings is 2. The van der Waals surface area contributed by atoms with E-state index < -0.39 is 0 Å². The van der Waals surface area contributed by atoms with E-state index in [0.29, 0.717) is 10.9 Å². The van der Waals surface area contributed by atoms with Crippen LogP contribution in [0.15, 0.2) is 53.5 Å². The fourth-order valence-electron chi connectivity index (χ4n) is 2.99. The highest BCUT2D eigenvalue weighted by molar-refractivity contribution is 6.00. The highest BCUT2D eigenvalue weighted by Crippen LogP contribution is 2.29. The zero-order chi connectivity index (χ0) is 16.0. The molecule has 0 bridgehead atoms. The van der Waals surface area contributed by atoms with E-state index in [2.05, 4.69) is 10.1 Å². The Hall–Kier alpha value is -3.08. The molecule has 5 nitrogen and oxygen atoms in total. The van der Waals surface area contributed by atoms with Gasteiger partial charge in [0.05, 0.1) is 29.7 Å². The number of methoxy groups -OCH3 is 1. The number of hydrogen-bond acceptors (Lipinski definition) is 3. The number of aromatic nitrogens is 3. The van der Waals surface area contributed by atoms with Gasteiger partial charge in [-0.2, -0.15) is 5.10 Å². The van der Waals surface area contributed by atoms with Gasteiger partial charge in [-0.15, -0.1) is 0 Å². The molecule has 0 radical (unpaired) electrons. The maximum absolute atomic E-state index is 13.0. The fraction of sp³-hybridized carbons (Fsp3) is 0.111. The van der Waals surface area contributed by atoms with Crippen LogP contribution in [0.5, 0.6) is 5.75 Å². The van der Waals surface area contributed by atoms with Gasteiger partial charge in [0, 0.05) is 7.05 Å². The lowest BCUT2D eigenvalue weighted by molar-refractivity contribution is 0.415. The second-order valence-electron chi connectivity index (χ2n) is 5.44. The van der Waals surface area contributed by atoms with Gasteiger partial charge in [-0.3, -0.25) is 9.48 Å². The van der Waals surface area contributed by atoms with E-state index in [1.165, 1.54) is 0 Å². The first-order valence-corrected chi connectivity index (χ1v) is 7.30. The van der Waals surface area contributed by atoms with Crippen molar-refractivity contribution in [3.63, 3.8) is 0 Å². The molecule has 0 fully saturated rings. The smallest absolute Gasteiger partial charge is 0.215 e. The summed E-state index contributed by atoms with van der Waals surface area (Å²) in [6.45, 7) is 0. The van der Waals surface area contributed by atoms with E-state index in [0.717, 1.165) is 27.9 Å². The summed E-state index contributed by atoms with van der Waals surface area (Å²) < 4.78 is 6.90. The number of pyridine rings is 1. The van der Waals surface area contributed by atoms with Gasteiger partial charge in [-0.25, -0.2) is 0 Å². The van der Waals surface area contributed by atoms with E-state index in [-0.39, 0.29) is 5.43 Å². The highest BCUT2D eigenvalue weighted by atomic mass is 16.5. The predicted octanol–water partition coefficient (Wildman–Crippen LogP) is 3.09. The van der Waals surface area contributed by atoms with Gasteiger partial charge < -0.3 is 9.72 Å². The van der Waals surface area contributed by atoms with Crippen molar-refractivity contribution in [2.45, 2.75) is 0 Å². The summed E-state index contributed by atoms with van der Waals surface area (Å²) in [5, 5.41) is 4.84. The quantitative estimate of drug-likeness (QED) is 0.619. The Balaban J connectivity index is 2.13. The molecule has 4 rings (SSSR count). The van der Waals surface area contributed by atoms with Crippen LogP contribution in [-0.4, -0.2) is 21.9 Å². The molecule has 0 aliphatic carbocycles. The SMILES string of the molecule is COc1cccc(-c2cccc3[nH]c4cnn(C)c4c(=O)c23)c1. The van der Waals surface area contributed by atoms with Crippen LogP contribution in [0.25, 0.3) is 33.1 Å². The van der Waals surface area contributed by atoms with Gasteiger partial charge in [0.1, 0.15) is 11.3 Å². The van der Waals surface area contributed by atoms with Gasteiger partial charge in [0.25, 0.3) is 0 Å². The molecule has 2 aromatic carbocycles. The number of nitrogens with zero attached hydrogens (tertiary/aromatic N) is 2. The number of fused-ring (bicyclic) bond motifs is 2. The number of aryl methyl sites for hydroxylation is 1. The van der Waals surface area contributed by atoms with Crippen molar-refractivity contribution >= 4 is 21.9 Å². The minimum Gasteiger partial charge on any atom is -0.497 e. The first-order chi connectivity index (χ1) is 11.2. The molecule has 5 heteroatoms. The summed E-state index contributed by atoms with van der Waals surface area (Å²) in [6, 6.07) is 13.5. The fourth-order valence-corrected chi connectivity index (χ4v) is 2.99. The van der Waals surface area contributed by atoms with Crippen LogP contribution in [0.1, 0.15) is 0 Å². The molecular formula is C18H15N3O2. The monoisotopic (exact) mass is 305 g/mol. The molecule has 114 valence electrons. The van der Waals surface area contributed by atoms with Crippen molar-refractivity contribution in [1.29, 1.82) is 0 Å². The average Bonchev–Trinajstić information content (AvgIpc) is 2.95. The van der Waals surface area contributed by atoms with Crippen molar-refractivity contribution < 1.29 is 4.74 Å². The van der Waals surface area contributed by atoms with Crippen LogP contribution < -0.4 is 10.2 Å². The number of ether oxygens (including phenoxy) is 1. The Kier molecular flexibility index (Phi) is 2.94. The summed E-state index contributed by atoms with van der Waals surface area (Å²) in [6.07, 6.45) is 1.67. The van der Waals surface area contributed by atoms with Crippen molar-refractivity contribution in [3.8, 4) is 16.9 Å². The van der Waals surface area contributed by atoms with Crippen LogP contribution in [0.3, 0.4) is 0 Å². The third-order valence-corrected chi connectivity index (χ3v) is 4.10. The van der Waals surface area contributed by atoms with E-state index in [9.17, 15) is 4.79 Å². The number of aromatic amines is 1. The lowest BCUT2D eigenvalue weighted by Crippen LogP contribution is -2.09. The first kappa shape index (κ1) is 13.6. The maximum Gasteiger partial charge on any atom is 0.215 e. The Bertz CT molecular complexity index is 1090. The Morgan fingerprint density at radius 1 is 1.13 bits per heavy atom. The van der Waals surface area contributed by atoms with Crippen LogP contribution in [-0.2, 0) is 7.05 Å². The Morgan fingerprint density at radius 3 is 2.78 bits per heavy atom. The van der Waals surface area contributed by atoms with E-state index in [4.69, 9.17) is 4.74 Å². The van der Waals surface area contributed by atoms with Gasteiger partial charge in [0.15, 0.2) is 0 Å². The van der Waals surface area contributed by atoms with Crippen molar-refractivity contribution in [3.05, 3.63) is 58.9 Å². The predicted molar refractivity (Wildman–Crippen MR) is 90.8 cm³/mol. The largest absolute Gasteiger partial charge is 0.497 e. The summed E-state index contributed by atoms with van der Waals surface area (Å²) in [5.74, 6) is 0.762. The second kappa shape index (κ2) is 4.98. The highest BCUT2D eigenvalue weighted by Gasteiger charge is 2.13. The molecule has 0 aliphatic heterocycles. The Labute approximate surface area is 132 Å². The van der Waals surface area contributed by atoms with Gasteiger partial charge in [-0.05, 0) is 29.3 Å². The zero-order valence-corrected chi connectivity index (χ0v) is 12.8. The van der Waals surface area contributed by atoms with Gasteiger partial charge in [-0.1, -0.05) is 24.3 Å². The lowest BCUT2D eigenvalue weighted by Gasteiger charge is -2.08. The van der Waals surface area contributed by atoms with E-state index in [1.54, 1.807) is 25.0 Å². The molecule has 0 aliphatic rings. The molecule has 2 aromatic heterocycles. The number of hydrogen-bond donors (Lipinski definition) is 1. The van der Waals surface area contributed by atoms with E-state index >= 15 is 0 Å². The van der Waals surface area contributed by atoms with Crippen LogP contribution in [0, 0.1) is 0 Å². The van der Waals surface area contributed by atoms with Crippen LogP contribution in [0.2, 0.25) is 0 Å². The minimum absolute atomic E-state index is 0.0211. The Morgan fingerprint density at radius 2 is 1.96 bits per heavy atom. The zero-order valence-electron chi connectivity index (χ0n) is 12.8. The molecule has 0 saturated heterocycles. The molecule has 23 heavy (non-hydrogen) atoms. The standard InChI is InChI=1S/C18H15N3O2/c1-21-17-15(10-19-21)20-14-8-4-7-13(16(14)18(17)22)11-5-3-6-12(9-11)23-2/h3-10H,1-2H3,(H,20,22). The summed E-state index contributed by atoms with van der Waals surface area (Å²) in [7, 11) is 3.41. The second-order valence-corrected chi connectivity index (χ2v) is 5.44. The van der Waals surface area contributed by atoms with Crippen LogP contribution >= 0.6 is 0 Å². The molecule has 4 aromatic rings. The van der Waals surface area contributed by atoms with Gasteiger partial charge >= 0.3 is 0 Å². The van der Waals surface area contributed by atoms with Gasteiger partial charge in [0.2, 0.25) is 5.43 Å². The molecule has 0 saturated carbocycles. The molecule has 0 atom stereocenters. The number of nitrogens with one attached hydrogen (secondary N) is 1. The minimum atomic E-state index is -0.0211. The number of H-pyrrole nitrogens is 1. The molecule has 0 amide bonds. The molecular weight excluding hydrogens is 290 g/mol. The molecule has 0 unspecified atom stereocenters. The van der Waals surface area contributed by atoms with Crippen molar-refractivity contribution in [1.82, 2.24) is 14.8 Å². The first-order valence-electron chi connectivity index (χ1n) is 7.30. The molecule has 1 N–H and O–H groups in total. The normalized spacial score (nSPS) is 11.2. The topological polar surface area (TPSA) is 59.9 Å². The van der Waals surface area contributed by atoms with Crippen LogP contribution in [0.4, 0.5) is 0 Å². The van der Waals surface area contributed by atoms with Crippen molar-refractivity contribution in [2.75, 3.05) is 7.11 Å². The third-order valence-electron chi connectivity index (χ3n) is 4.10. The van der Waals surface area contributed by atoms with E-state index in [1.807, 2.05) is 42.5 Å². The molecule has 2 heterocycles. The maximum atomic E-state index is 13.0. The third kappa shape index (κ3) is 2.01. The molecule has 0 spiro atoms. The lowest BCUT2D eigenvalue weighted by atomic mass is 10.00. The number of rotatable bonds is 2. The average molecular weight is 305 g/mol. The summed E-state index contributed by atoms with van der Waals surface area (Å²) in [4.78, 5) is 16.3. The summed E-state index contributed by atoms with van der Waals surface area (Å²) >= 11 is 0. The summed E-state index contributed by atoms with van der Waals surface area (Å²) in [5.41, 5.74) is 3.93. The van der Waals surface area contributed by atoms with Crippen molar-refractivity contribution in [2.24, 2.45) is 7.05 Å².